The summed E-state index contributed by atoms with van der Waals surface area (Å²) < 4.78 is 0. The first-order valence-corrected chi connectivity index (χ1v) is 10.2. The number of carbonyl (C=O) groups excluding carboxylic acids is 1. The monoisotopic (exact) mass is 364 g/mol. The molecule has 136 valence electrons. The van der Waals surface area contributed by atoms with E-state index in [2.05, 4.69) is 24.3 Å². The van der Waals surface area contributed by atoms with Gasteiger partial charge < -0.3 is 0 Å². The lowest BCUT2D eigenvalue weighted by atomic mass is 10.0. The van der Waals surface area contributed by atoms with E-state index in [1.54, 1.807) is 11.8 Å². The van der Waals surface area contributed by atoms with Crippen LogP contribution in [0.4, 0.5) is 0 Å². The van der Waals surface area contributed by atoms with Gasteiger partial charge in [0.15, 0.2) is 5.78 Å². The first kappa shape index (κ1) is 21.7. The fourth-order valence-electron chi connectivity index (χ4n) is 2.20. The molecule has 0 unspecified atom stereocenters. The second-order valence-corrected chi connectivity index (χ2v) is 6.04. The molecule has 0 aliphatic carbocycles. The van der Waals surface area contributed by atoms with Crippen LogP contribution in [-0.4, -0.2) is 5.78 Å². The number of rotatable bonds is 5. The van der Waals surface area contributed by atoms with Crippen molar-refractivity contribution in [1.29, 1.82) is 0 Å². The quantitative estimate of drug-likeness (QED) is 0.350. The minimum Gasteiger partial charge on any atom is -0.289 e. The van der Waals surface area contributed by atoms with Crippen molar-refractivity contribution in [3.05, 3.63) is 102 Å². The molecule has 0 aliphatic rings. The highest BCUT2D eigenvalue weighted by molar-refractivity contribution is 7.98. The summed E-state index contributed by atoms with van der Waals surface area (Å²) in [5, 5.41) is 0. The second kappa shape index (κ2) is 13.0. The molecule has 0 saturated carbocycles. The van der Waals surface area contributed by atoms with Crippen LogP contribution < -0.4 is 0 Å². The fraction of sp³-hybridized carbons (Fsp3) is 0.208. The van der Waals surface area contributed by atoms with E-state index in [1.807, 2.05) is 88.4 Å². The van der Waals surface area contributed by atoms with E-state index in [0.29, 0.717) is 0 Å². The average Bonchev–Trinajstić information content (AvgIpc) is 2.76. The summed E-state index contributed by atoms with van der Waals surface area (Å²) in [6.07, 6.45) is 0. The van der Waals surface area contributed by atoms with E-state index >= 15 is 0 Å². The van der Waals surface area contributed by atoms with Crippen molar-refractivity contribution in [3.63, 3.8) is 0 Å². The van der Waals surface area contributed by atoms with Crippen LogP contribution in [-0.2, 0) is 5.75 Å². The van der Waals surface area contributed by atoms with Crippen molar-refractivity contribution < 1.29 is 4.79 Å². The predicted molar refractivity (Wildman–Crippen MR) is 115 cm³/mol. The highest BCUT2D eigenvalue weighted by Gasteiger charge is 2.08. The molecule has 3 aromatic carbocycles. The van der Waals surface area contributed by atoms with Gasteiger partial charge in [-0.25, -0.2) is 0 Å². The fourth-order valence-corrected chi connectivity index (χ4v) is 3.05. The van der Waals surface area contributed by atoms with Crippen molar-refractivity contribution in [2.45, 2.75) is 38.3 Å². The van der Waals surface area contributed by atoms with Gasteiger partial charge in [0, 0.05) is 21.8 Å². The van der Waals surface area contributed by atoms with Crippen LogP contribution in [0.5, 0.6) is 0 Å². The van der Waals surface area contributed by atoms with E-state index in [-0.39, 0.29) is 5.78 Å². The minimum atomic E-state index is 0.0696. The molecule has 0 atom stereocenters. The van der Waals surface area contributed by atoms with Gasteiger partial charge in [-0.05, 0) is 29.8 Å². The molecule has 0 aromatic heterocycles. The third-order valence-electron chi connectivity index (χ3n) is 3.40. The number of hydrogen-bond acceptors (Lipinski definition) is 2. The SMILES string of the molecule is CC.CC.O=C(c1ccccc1)c1ccc(SCc2ccccc2)cc1. The van der Waals surface area contributed by atoms with E-state index in [1.165, 1.54) is 10.5 Å². The molecule has 0 N–H and O–H groups in total. The van der Waals surface area contributed by atoms with Crippen LogP contribution in [0.15, 0.2) is 89.8 Å². The Morgan fingerprint density at radius 3 is 1.65 bits per heavy atom. The third-order valence-corrected chi connectivity index (χ3v) is 4.48. The first-order chi connectivity index (χ1) is 12.8. The van der Waals surface area contributed by atoms with Gasteiger partial charge in [-0.15, -0.1) is 11.8 Å². The van der Waals surface area contributed by atoms with Crippen LogP contribution >= 0.6 is 11.8 Å². The van der Waals surface area contributed by atoms with Crippen molar-refractivity contribution in [3.8, 4) is 0 Å². The van der Waals surface area contributed by atoms with Gasteiger partial charge >= 0.3 is 0 Å². The highest BCUT2D eigenvalue weighted by atomic mass is 32.2. The van der Waals surface area contributed by atoms with E-state index in [4.69, 9.17) is 0 Å². The minimum absolute atomic E-state index is 0.0696. The zero-order chi connectivity index (χ0) is 19.2. The number of hydrogen-bond donors (Lipinski definition) is 0. The Kier molecular flexibility index (Phi) is 10.8. The summed E-state index contributed by atoms with van der Waals surface area (Å²) in [7, 11) is 0. The average molecular weight is 365 g/mol. The molecule has 0 bridgehead atoms. The van der Waals surface area contributed by atoms with Crippen LogP contribution in [0, 0.1) is 0 Å². The van der Waals surface area contributed by atoms with Gasteiger partial charge in [0.1, 0.15) is 0 Å². The van der Waals surface area contributed by atoms with E-state index in [9.17, 15) is 4.79 Å². The molecule has 3 rings (SSSR count). The Morgan fingerprint density at radius 2 is 1.12 bits per heavy atom. The lowest BCUT2D eigenvalue weighted by Gasteiger charge is -2.04. The van der Waals surface area contributed by atoms with Crippen molar-refractivity contribution in [2.75, 3.05) is 0 Å². The molecule has 3 aromatic rings. The zero-order valence-electron chi connectivity index (χ0n) is 16.1. The summed E-state index contributed by atoms with van der Waals surface area (Å²) in [5.41, 5.74) is 2.76. The maximum absolute atomic E-state index is 12.3. The molecule has 0 aliphatic heterocycles. The molecule has 1 nitrogen and oxygen atoms in total. The second-order valence-electron chi connectivity index (χ2n) is 4.99. The normalized spacial score (nSPS) is 9.23. The molecular formula is C24H28OS. The van der Waals surface area contributed by atoms with Gasteiger partial charge in [0.25, 0.3) is 0 Å². The Balaban J connectivity index is 0.000000791. The van der Waals surface area contributed by atoms with Gasteiger partial charge in [-0.2, -0.15) is 0 Å². The molecular weight excluding hydrogens is 336 g/mol. The molecule has 26 heavy (non-hydrogen) atoms. The summed E-state index contributed by atoms with van der Waals surface area (Å²) in [6, 6.07) is 27.6. The van der Waals surface area contributed by atoms with Crippen molar-refractivity contribution in [1.82, 2.24) is 0 Å². The van der Waals surface area contributed by atoms with Crippen molar-refractivity contribution >= 4 is 17.5 Å². The lowest BCUT2D eigenvalue weighted by Crippen LogP contribution is -2.00. The molecule has 2 heteroatoms. The lowest BCUT2D eigenvalue weighted by molar-refractivity contribution is 0.103. The van der Waals surface area contributed by atoms with E-state index in [0.717, 1.165) is 16.9 Å². The van der Waals surface area contributed by atoms with Crippen LogP contribution in [0.3, 0.4) is 0 Å². The summed E-state index contributed by atoms with van der Waals surface area (Å²) in [4.78, 5) is 13.5. The van der Waals surface area contributed by atoms with Crippen LogP contribution in [0.25, 0.3) is 0 Å². The maximum Gasteiger partial charge on any atom is 0.193 e. The van der Waals surface area contributed by atoms with Gasteiger partial charge in [-0.1, -0.05) is 88.4 Å². The molecule has 0 fully saturated rings. The first-order valence-electron chi connectivity index (χ1n) is 9.19. The number of carbonyl (C=O) groups is 1. The smallest absolute Gasteiger partial charge is 0.193 e. The topological polar surface area (TPSA) is 17.1 Å². The summed E-state index contributed by atoms with van der Waals surface area (Å²) in [6.45, 7) is 8.00. The zero-order valence-corrected chi connectivity index (χ0v) is 16.9. The molecule has 0 spiro atoms. The third kappa shape index (κ3) is 6.89. The predicted octanol–water partition coefficient (Wildman–Crippen LogP) is 7.26. The Bertz CT molecular complexity index is 734. The van der Waals surface area contributed by atoms with Gasteiger partial charge in [0.05, 0.1) is 0 Å². The summed E-state index contributed by atoms with van der Waals surface area (Å²) in [5.74, 6) is 1.01. The Morgan fingerprint density at radius 1 is 0.654 bits per heavy atom. The standard InChI is InChI=1S/C20H16OS.2C2H6/c21-20(17-9-5-2-6-10-17)18-11-13-19(14-12-18)22-15-16-7-3-1-4-8-16;2*1-2/h1-14H,15H2;2*1-2H3. The number of thioether (sulfide) groups is 1. The molecule has 0 saturated heterocycles. The van der Waals surface area contributed by atoms with Crippen LogP contribution in [0.2, 0.25) is 0 Å². The molecule has 0 amide bonds. The highest BCUT2D eigenvalue weighted by Crippen LogP contribution is 2.23. The maximum atomic E-state index is 12.3. The van der Waals surface area contributed by atoms with Crippen molar-refractivity contribution in [2.24, 2.45) is 0 Å². The Labute approximate surface area is 162 Å². The largest absolute Gasteiger partial charge is 0.289 e. The summed E-state index contributed by atoms with van der Waals surface area (Å²) >= 11 is 1.78. The van der Waals surface area contributed by atoms with E-state index < -0.39 is 0 Å². The Hall–Kier alpha value is -2.32. The molecule has 0 heterocycles. The molecule has 0 radical (unpaired) electrons. The van der Waals surface area contributed by atoms with Gasteiger partial charge in [-0.3, -0.25) is 4.79 Å². The number of benzene rings is 3. The van der Waals surface area contributed by atoms with Crippen LogP contribution in [0.1, 0.15) is 49.2 Å². The number of ketones is 1. The van der Waals surface area contributed by atoms with Gasteiger partial charge in [0.2, 0.25) is 0 Å².